The highest BCUT2D eigenvalue weighted by Gasteiger charge is 2.46. The van der Waals surface area contributed by atoms with E-state index in [1.165, 1.54) is 43.4 Å². The summed E-state index contributed by atoms with van der Waals surface area (Å²) in [7, 11) is 2.94. The number of urea groups is 1. The van der Waals surface area contributed by atoms with Crippen molar-refractivity contribution in [2.45, 2.75) is 121 Å². The predicted molar refractivity (Wildman–Crippen MR) is 320 cm³/mol. The van der Waals surface area contributed by atoms with Gasteiger partial charge in [-0.3, -0.25) is 43.5 Å². The van der Waals surface area contributed by atoms with Gasteiger partial charge in [0.15, 0.2) is 29.2 Å². The molecule has 8 rings (SSSR count). The lowest BCUT2D eigenvalue weighted by Gasteiger charge is -2.31. The molecule has 5 atom stereocenters. The number of primary amides is 1. The number of aliphatic imine (C=N–C) groups is 1. The van der Waals surface area contributed by atoms with Crippen LogP contribution in [0, 0.1) is 5.92 Å². The molecule has 2 saturated heterocycles. The molecule has 0 aromatic heterocycles. The van der Waals surface area contributed by atoms with Crippen LogP contribution in [-0.4, -0.2) is 164 Å². The number of hydrogen-bond donors (Lipinski definition) is 6. The topological polar surface area (TPSA) is 319 Å². The summed E-state index contributed by atoms with van der Waals surface area (Å²) in [5.74, 6) is -2.00. The number of benzene rings is 3. The Balaban J connectivity index is 0.864. The first-order valence-electron chi connectivity index (χ1n) is 29.1. The number of hydrogen-bond acceptors (Lipinski definition) is 16. The molecule has 0 radical (unpaired) electrons. The minimum absolute atomic E-state index is 0.0401. The molecule has 5 aliphatic heterocycles. The third-order valence-electron chi connectivity index (χ3n) is 15.5. The van der Waals surface area contributed by atoms with Gasteiger partial charge >= 0.3 is 12.1 Å². The number of nitrogens with one attached hydrogen (secondary N) is 4. The Morgan fingerprint density at radius 1 is 0.747 bits per heavy atom. The SMILES string of the molecule is C=C1CC2C=Nc3cc(OCCCCCOc4cc5c(cc4OC)C(=O)N4CC(=C)CC4C(O)N5C(=O)OCc4ccc(NC(=O)C(CCCNC(N)=O)NC(=O)C(NC(=O)CCCCCN5C(=O)C=CC5=O)C(C)C)cc4)c(OC)cc3C(=O)N2C1. The molecule has 25 nitrogen and oxygen atoms in total. The maximum absolute atomic E-state index is 14.3. The van der Waals surface area contributed by atoms with Gasteiger partial charge in [-0.2, -0.15) is 0 Å². The summed E-state index contributed by atoms with van der Waals surface area (Å²) >= 11 is 0. The molecule has 7 N–H and O–H groups in total. The predicted octanol–water partition coefficient (Wildman–Crippen LogP) is 5.56. The van der Waals surface area contributed by atoms with E-state index in [1.54, 1.807) is 61.4 Å². The highest BCUT2D eigenvalue weighted by atomic mass is 16.6. The van der Waals surface area contributed by atoms with Crippen molar-refractivity contribution in [2.75, 3.05) is 63.8 Å². The van der Waals surface area contributed by atoms with Gasteiger partial charge in [0.1, 0.15) is 18.7 Å². The molecule has 0 spiro atoms. The van der Waals surface area contributed by atoms with Crippen molar-refractivity contribution < 1.29 is 71.9 Å². The Labute approximate surface area is 504 Å². The van der Waals surface area contributed by atoms with E-state index in [1.807, 2.05) is 0 Å². The van der Waals surface area contributed by atoms with Crippen LogP contribution in [0.1, 0.15) is 111 Å². The van der Waals surface area contributed by atoms with E-state index in [0.29, 0.717) is 97.7 Å². The molecule has 5 unspecified atom stereocenters. The number of carbonyl (C=O) groups is 9. The zero-order valence-corrected chi connectivity index (χ0v) is 49.4. The fraction of sp³-hybridized carbons (Fsp3) is 0.452. The molecule has 0 bridgehead atoms. The number of unbranched alkanes of at least 4 members (excludes halogenated alkanes) is 4. The van der Waals surface area contributed by atoms with Crippen molar-refractivity contribution in [3.63, 3.8) is 0 Å². The van der Waals surface area contributed by atoms with Crippen LogP contribution in [0.5, 0.6) is 23.0 Å². The Morgan fingerprint density at radius 3 is 2.05 bits per heavy atom. The molecule has 3 aromatic carbocycles. The third kappa shape index (κ3) is 15.8. The summed E-state index contributed by atoms with van der Waals surface area (Å²) in [5.41, 5.74) is 8.76. The number of methoxy groups -OCH3 is 2. The number of nitrogens with two attached hydrogens (primary N) is 1. The molecule has 0 aliphatic carbocycles. The third-order valence-corrected chi connectivity index (χ3v) is 15.5. The first-order valence-corrected chi connectivity index (χ1v) is 29.1. The summed E-state index contributed by atoms with van der Waals surface area (Å²) < 4.78 is 29.5. The maximum atomic E-state index is 14.3. The zero-order chi connectivity index (χ0) is 62.5. The number of fused-ring (bicyclic) bond motifs is 4. The van der Waals surface area contributed by atoms with E-state index >= 15 is 0 Å². The van der Waals surface area contributed by atoms with Crippen LogP contribution < -0.4 is 50.8 Å². The molecule has 0 saturated carbocycles. The van der Waals surface area contributed by atoms with Crippen molar-refractivity contribution in [3.05, 3.63) is 102 Å². The minimum atomic E-state index is -1.56. The van der Waals surface area contributed by atoms with Gasteiger partial charge in [-0.25, -0.2) is 14.5 Å². The Kier molecular flexibility index (Phi) is 21.4. The number of aliphatic hydroxyl groups is 1. The van der Waals surface area contributed by atoms with Crippen LogP contribution in [0.15, 0.2) is 90.0 Å². The van der Waals surface area contributed by atoms with Crippen molar-refractivity contribution in [2.24, 2.45) is 16.6 Å². The number of anilines is 2. The van der Waals surface area contributed by atoms with Gasteiger partial charge < -0.3 is 65.6 Å². The van der Waals surface area contributed by atoms with E-state index in [-0.39, 0.29) is 117 Å². The molecule has 3 aromatic rings. The number of imide groups is 1. The molecule has 87 heavy (non-hydrogen) atoms. The number of rotatable bonds is 28. The van der Waals surface area contributed by atoms with Gasteiger partial charge in [-0.15, -0.1) is 0 Å². The van der Waals surface area contributed by atoms with Crippen LogP contribution in [0.3, 0.4) is 0 Å². The quantitative estimate of drug-likeness (QED) is 0.0294. The number of amides is 10. The van der Waals surface area contributed by atoms with Gasteiger partial charge in [-0.05, 0) is 93.5 Å². The van der Waals surface area contributed by atoms with Crippen molar-refractivity contribution in [1.29, 1.82) is 0 Å². The van der Waals surface area contributed by atoms with Gasteiger partial charge in [0.25, 0.3) is 23.6 Å². The lowest BCUT2D eigenvalue weighted by Crippen LogP contribution is -2.54. The molecule has 25 heteroatoms. The van der Waals surface area contributed by atoms with Crippen molar-refractivity contribution >= 4 is 76.8 Å². The summed E-state index contributed by atoms with van der Waals surface area (Å²) in [6, 6.07) is 8.79. The zero-order valence-electron chi connectivity index (χ0n) is 49.4. The lowest BCUT2D eigenvalue weighted by molar-refractivity contribution is -0.137. The smallest absolute Gasteiger partial charge is 0.416 e. The number of aliphatic hydroxyl groups excluding tert-OH is 1. The Bertz CT molecular complexity index is 3200. The second kappa shape index (κ2) is 29.2. The van der Waals surface area contributed by atoms with Crippen LogP contribution in [0.4, 0.5) is 26.7 Å². The molecule has 5 heterocycles. The monoisotopic (exact) mass is 1200 g/mol. The standard InChI is InChI=1S/C62H76N10O15/c1-36(2)55(68-52(73)15-9-7-10-23-69-53(74)20-21-54(69)75)57(77)67-44(14-13-22-64-61(63)81)56(76)66-40-18-16-39(17-19-40)35-87-62(82)72-46-31-51(49(84-6)29-43(46)59(79)71-34-38(4)27-47(71)60(72)80)86-25-12-8-11-24-85-50-30-45-42(28-48(50)83-5)58(78)70-33-37(3)26-41(70)32-65-45/h16-21,28-32,36,41,44,47,55,60,80H,3-4,7-15,22-27,33-35H2,1-2,5-6H3,(H,66,76)(H,67,77)(H,68,73)(H3,63,64,81). The van der Waals surface area contributed by atoms with Gasteiger partial charge in [-0.1, -0.05) is 56.7 Å². The van der Waals surface area contributed by atoms with E-state index in [2.05, 4.69) is 39.4 Å². The fourth-order valence-electron chi connectivity index (χ4n) is 10.9. The largest absolute Gasteiger partial charge is 0.493 e. The molecule has 5 aliphatic rings. The van der Waals surface area contributed by atoms with E-state index in [4.69, 9.17) is 29.4 Å². The van der Waals surface area contributed by atoms with E-state index < -0.39 is 54.2 Å². The Morgan fingerprint density at radius 2 is 1.38 bits per heavy atom. The van der Waals surface area contributed by atoms with Crippen LogP contribution in [0.2, 0.25) is 0 Å². The minimum Gasteiger partial charge on any atom is -0.493 e. The van der Waals surface area contributed by atoms with Gasteiger partial charge in [0, 0.05) is 68.8 Å². The second-order valence-corrected chi connectivity index (χ2v) is 22.3. The molecular weight excluding hydrogens is 1120 g/mol. The lowest BCUT2D eigenvalue weighted by atomic mass is 10.0. The van der Waals surface area contributed by atoms with Gasteiger partial charge in [0.2, 0.25) is 17.7 Å². The Hall–Kier alpha value is -9.26. The molecular formula is C62H76N10O15. The molecule has 464 valence electrons. The second-order valence-electron chi connectivity index (χ2n) is 22.3. The normalized spacial score (nSPS) is 18.3. The first-order chi connectivity index (χ1) is 41.7. The average Bonchev–Trinajstić information content (AvgIpc) is 1.70. The number of carbonyl (C=O) groups excluding carboxylic acids is 9. The van der Waals surface area contributed by atoms with Gasteiger partial charge in [0.05, 0.1) is 62.0 Å². The molecule has 2 fully saturated rings. The van der Waals surface area contributed by atoms with E-state index in [9.17, 15) is 48.3 Å². The van der Waals surface area contributed by atoms with Crippen molar-refractivity contribution in [3.8, 4) is 23.0 Å². The first kappa shape index (κ1) is 63.8. The summed E-state index contributed by atoms with van der Waals surface area (Å²) in [6.45, 7) is 12.8. The van der Waals surface area contributed by atoms with E-state index in [0.717, 1.165) is 15.4 Å². The highest BCUT2D eigenvalue weighted by Crippen LogP contribution is 2.43. The number of nitrogens with zero attached hydrogens (tertiary/aromatic N) is 5. The summed E-state index contributed by atoms with van der Waals surface area (Å²) in [6.07, 6.45) is 6.38. The average molecular weight is 1200 g/mol. The van der Waals surface area contributed by atoms with Crippen molar-refractivity contribution in [1.82, 2.24) is 30.7 Å². The summed E-state index contributed by atoms with van der Waals surface area (Å²) in [4.78, 5) is 128. The molecule has 10 amide bonds. The summed E-state index contributed by atoms with van der Waals surface area (Å²) in [5, 5.41) is 22.7. The number of ether oxygens (including phenoxy) is 5. The maximum Gasteiger partial charge on any atom is 0.416 e. The van der Waals surface area contributed by atoms with Crippen LogP contribution in [-0.2, 0) is 35.3 Å². The fourth-order valence-corrected chi connectivity index (χ4v) is 10.9. The van der Waals surface area contributed by atoms with Crippen LogP contribution >= 0.6 is 0 Å². The highest BCUT2D eigenvalue weighted by molar-refractivity contribution is 6.13. The van der Waals surface area contributed by atoms with Crippen LogP contribution in [0.25, 0.3) is 0 Å².